The summed E-state index contributed by atoms with van der Waals surface area (Å²) in [5.41, 5.74) is 3.97. The number of aromatic nitrogens is 6. The van der Waals surface area contributed by atoms with Crippen LogP contribution in [0.4, 0.5) is 16.4 Å². The molecule has 1 aliphatic rings. The van der Waals surface area contributed by atoms with Gasteiger partial charge in [-0.05, 0) is 43.4 Å². The molecule has 4 aromatic rings. The number of amides is 1. The molecule has 10 nitrogen and oxygen atoms in total. The van der Waals surface area contributed by atoms with Crippen LogP contribution in [0.5, 0.6) is 0 Å². The molecule has 1 aliphatic carbocycles. The lowest BCUT2D eigenvalue weighted by Crippen LogP contribution is -2.16. The molecular formula is C22H22N8O2. The number of fused-ring (bicyclic) bond motifs is 1. The van der Waals surface area contributed by atoms with Crippen LogP contribution in [0.25, 0.3) is 5.65 Å². The fraction of sp³-hybridized carbons (Fsp3) is 0.273. The molecule has 0 radical (unpaired) electrons. The zero-order chi connectivity index (χ0) is 21.9. The minimum atomic E-state index is -0.647. The molecule has 0 spiro atoms. The highest BCUT2D eigenvalue weighted by Gasteiger charge is 2.23. The summed E-state index contributed by atoms with van der Waals surface area (Å²) in [4.78, 5) is 33.2. The van der Waals surface area contributed by atoms with Gasteiger partial charge in [0.05, 0.1) is 12.2 Å². The monoisotopic (exact) mass is 430 g/mol. The highest BCUT2D eigenvalue weighted by atomic mass is 16.5. The Hall–Kier alpha value is -4.08. The van der Waals surface area contributed by atoms with Crippen LogP contribution in [-0.2, 0) is 17.9 Å². The Kier molecular flexibility index (Phi) is 5.32. The average Bonchev–Trinajstić information content (AvgIpc) is 3.56. The van der Waals surface area contributed by atoms with Crippen molar-refractivity contribution in [2.45, 2.75) is 38.8 Å². The lowest BCUT2D eigenvalue weighted by Gasteiger charge is -2.08. The topological polar surface area (TPSA) is 119 Å². The van der Waals surface area contributed by atoms with E-state index in [9.17, 15) is 4.79 Å². The molecule has 4 aromatic heterocycles. The number of carbonyl (C=O) groups is 1. The van der Waals surface area contributed by atoms with E-state index in [1.165, 1.54) is 24.7 Å². The molecule has 0 bridgehead atoms. The van der Waals surface area contributed by atoms with Crippen LogP contribution < -0.4 is 10.6 Å². The van der Waals surface area contributed by atoms with Gasteiger partial charge in [0, 0.05) is 30.4 Å². The third-order valence-corrected chi connectivity index (χ3v) is 5.10. The second-order valence-corrected chi connectivity index (χ2v) is 7.69. The molecule has 4 heterocycles. The molecule has 1 amide bonds. The van der Waals surface area contributed by atoms with E-state index in [2.05, 4.69) is 58.3 Å². The summed E-state index contributed by atoms with van der Waals surface area (Å²) in [6.45, 7) is 2.31. The van der Waals surface area contributed by atoms with Crippen LogP contribution in [0.3, 0.4) is 0 Å². The Morgan fingerprint density at radius 2 is 2.00 bits per heavy atom. The van der Waals surface area contributed by atoms with Crippen LogP contribution in [0.15, 0.2) is 49.2 Å². The van der Waals surface area contributed by atoms with Crippen LogP contribution in [0.1, 0.15) is 41.5 Å². The van der Waals surface area contributed by atoms with Crippen LogP contribution in [0, 0.1) is 6.92 Å². The maximum atomic E-state index is 12.1. The van der Waals surface area contributed by atoms with Gasteiger partial charge in [0.25, 0.3) is 0 Å². The molecule has 5 rings (SSSR count). The van der Waals surface area contributed by atoms with Crippen molar-refractivity contribution in [3.63, 3.8) is 0 Å². The fourth-order valence-electron chi connectivity index (χ4n) is 3.35. The molecular weight excluding hydrogens is 408 g/mol. The zero-order valence-electron chi connectivity index (χ0n) is 17.5. The second-order valence-electron chi connectivity index (χ2n) is 7.69. The van der Waals surface area contributed by atoms with Crippen molar-refractivity contribution in [2.24, 2.45) is 0 Å². The molecule has 162 valence electrons. The number of aryl methyl sites for hydroxylation is 1. The predicted octanol–water partition coefficient (Wildman–Crippen LogP) is 3.46. The number of rotatable bonds is 7. The lowest BCUT2D eigenvalue weighted by atomic mass is 10.2. The quantitative estimate of drug-likeness (QED) is 0.457. The summed E-state index contributed by atoms with van der Waals surface area (Å²) < 4.78 is 7.21. The van der Waals surface area contributed by atoms with Crippen LogP contribution >= 0.6 is 0 Å². The molecule has 2 N–H and O–H groups in total. The number of hydrogen-bond acceptors (Lipinski definition) is 8. The van der Waals surface area contributed by atoms with Crippen molar-refractivity contribution in [2.75, 3.05) is 10.6 Å². The lowest BCUT2D eigenvalue weighted by molar-refractivity contribution is 0.152. The maximum Gasteiger partial charge on any atom is 0.413 e. The molecule has 0 unspecified atom stereocenters. The van der Waals surface area contributed by atoms with Gasteiger partial charge in [0.1, 0.15) is 23.6 Å². The van der Waals surface area contributed by atoms with E-state index < -0.39 is 6.09 Å². The van der Waals surface area contributed by atoms with Crippen molar-refractivity contribution >= 4 is 23.4 Å². The first kappa shape index (κ1) is 19.9. The fourth-order valence-corrected chi connectivity index (χ4v) is 3.35. The maximum absolute atomic E-state index is 12.1. The summed E-state index contributed by atoms with van der Waals surface area (Å²) in [5.74, 6) is 2.02. The number of pyridine rings is 1. The van der Waals surface area contributed by atoms with Gasteiger partial charge < -0.3 is 14.5 Å². The Morgan fingerprint density at radius 3 is 2.84 bits per heavy atom. The summed E-state index contributed by atoms with van der Waals surface area (Å²) >= 11 is 0. The third-order valence-electron chi connectivity index (χ3n) is 5.10. The van der Waals surface area contributed by atoms with Crippen molar-refractivity contribution in [1.29, 1.82) is 0 Å². The first-order valence-corrected chi connectivity index (χ1v) is 10.4. The van der Waals surface area contributed by atoms with E-state index >= 15 is 0 Å². The van der Waals surface area contributed by atoms with Gasteiger partial charge in [-0.15, -0.1) is 0 Å². The third kappa shape index (κ3) is 4.80. The van der Waals surface area contributed by atoms with Crippen molar-refractivity contribution in [3.8, 4) is 0 Å². The van der Waals surface area contributed by atoms with Gasteiger partial charge in [-0.2, -0.15) is 0 Å². The van der Waals surface area contributed by atoms with Crippen molar-refractivity contribution in [1.82, 2.24) is 29.3 Å². The van der Waals surface area contributed by atoms with Crippen LogP contribution in [0.2, 0.25) is 0 Å². The number of nitrogens with one attached hydrogen (secondary N) is 2. The average molecular weight is 430 g/mol. The first-order valence-electron chi connectivity index (χ1n) is 10.4. The summed E-state index contributed by atoms with van der Waals surface area (Å²) in [7, 11) is 0. The number of anilines is 2. The van der Waals surface area contributed by atoms with E-state index in [-0.39, 0.29) is 6.61 Å². The SMILES string of the molecule is Cc1ccnc(COC(=O)Nc2cc(NCc3cn4cc(C5CC5)ccc4n3)ncn2)n1. The second kappa shape index (κ2) is 8.58. The smallest absolute Gasteiger partial charge is 0.413 e. The number of nitrogens with zero attached hydrogens (tertiary/aromatic N) is 6. The Morgan fingerprint density at radius 1 is 1.12 bits per heavy atom. The van der Waals surface area contributed by atoms with E-state index in [4.69, 9.17) is 4.74 Å². The van der Waals surface area contributed by atoms with Gasteiger partial charge >= 0.3 is 6.09 Å². The molecule has 0 saturated heterocycles. The number of hydrogen-bond donors (Lipinski definition) is 2. The molecule has 1 saturated carbocycles. The standard InChI is InChI=1S/C22H22N8O2/c1-14-6-7-23-20(27-14)12-32-22(31)29-19-8-18(25-13-26-19)24-9-17-11-30-10-16(15-2-3-15)4-5-21(30)28-17/h4-8,10-11,13,15H,2-3,9,12H2,1H3,(H2,24,25,26,29,31). The zero-order valence-corrected chi connectivity index (χ0v) is 17.5. The van der Waals surface area contributed by atoms with Gasteiger partial charge in [-0.3, -0.25) is 5.32 Å². The predicted molar refractivity (Wildman–Crippen MR) is 117 cm³/mol. The summed E-state index contributed by atoms with van der Waals surface area (Å²) in [6.07, 6.45) is 9.05. The van der Waals surface area contributed by atoms with Crippen molar-refractivity contribution < 1.29 is 9.53 Å². The molecule has 32 heavy (non-hydrogen) atoms. The first-order chi connectivity index (χ1) is 15.6. The molecule has 10 heteroatoms. The number of ether oxygens (including phenoxy) is 1. The van der Waals surface area contributed by atoms with Gasteiger partial charge in [0.15, 0.2) is 12.4 Å². The number of carbonyl (C=O) groups excluding carboxylic acids is 1. The van der Waals surface area contributed by atoms with E-state index in [1.54, 1.807) is 18.3 Å². The molecule has 0 aromatic carbocycles. The van der Waals surface area contributed by atoms with Crippen molar-refractivity contribution in [3.05, 3.63) is 72.0 Å². The number of imidazole rings is 1. The normalized spacial score (nSPS) is 13.2. The molecule has 1 fully saturated rings. The van der Waals surface area contributed by atoms with E-state index in [0.717, 1.165) is 17.0 Å². The van der Waals surface area contributed by atoms with Gasteiger partial charge in [-0.1, -0.05) is 6.07 Å². The Labute approximate surface area is 184 Å². The minimum Gasteiger partial charge on any atom is -0.441 e. The van der Waals surface area contributed by atoms with Crippen LogP contribution in [-0.4, -0.2) is 35.4 Å². The Bertz CT molecular complexity index is 1270. The molecule has 0 atom stereocenters. The highest BCUT2D eigenvalue weighted by Crippen LogP contribution is 2.39. The van der Waals surface area contributed by atoms with E-state index in [1.807, 2.05) is 13.1 Å². The summed E-state index contributed by atoms with van der Waals surface area (Å²) in [5, 5.41) is 5.79. The van der Waals surface area contributed by atoms with Gasteiger partial charge in [0.2, 0.25) is 0 Å². The highest BCUT2D eigenvalue weighted by molar-refractivity contribution is 5.83. The largest absolute Gasteiger partial charge is 0.441 e. The molecule has 0 aliphatic heterocycles. The summed E-state index contributed by atoms with van der Waals surface area (Å²) in [6, 6.07) is 7.61. The Balaban J connectivity index is 1.17. The van der Waals surface area contributed by atoms with Gasteiger partial charge in [-0.25, -0.2) is 29.7 Å². The van der Waals surface area contributed by atoms with E-state index in [0.29, 0.717) is 29.9 Å². The minimum absolute atomic E-state index is 0.0277.